The van der Waals surface area contributed by atoms with Crippen LogP contribution in [0.15, 0.2) is 30.3 Å². The average molecular weight is 244 g/mol. The van der Waals surface area contributed by atoms with Gasteiger partial charge in [-0.25, -0.2) is 8.63 Å². The first kappa shape index (κ1) is 12.7. The summed E-state index contributed by atoms with van der Waals surface area (Å²) in [6.45, 7) is 1.25. The van der Waals surface area contributed by atoms with Crippen molar-refractivity contribution in [1.29, 1.82) is 0 Å². The van der Waals surface area contributed by atoms with Crippen molar-refractivity contribution in [2.24, 2.45) is 0 Å². The lowest BCUT2D eigenvalue weighted by molar-refractivity contribution is -0.112. The summed E-state index contributed by atoms with van der Waals surface area (Å²) in [4.78, 5) is 10.8. The fraction of sp³-hybridized carbons (Fsp3) is 0.100. The molecule has 0 heterocycles. The molecule has 0 fully saturated rings. The lowest BCUT2D eigenvalue weighted by Crippen LogP contribution is -2.05. The van der Waals surface area contributed by atoms with E-state index in [4.69, 9.17) is 11.6 Å². The van der Waals surface area contributed by atoms with Crippen molar-refractivity contribution in [2.75, 3.05) is 0 Å². The first-order valence-corrected chi connectivity index (χ1v) is 4.80. The van der Waals surface area contributed by atoms with Crippen LogP contribution < -0.4 is 0 Å². The molecule has 84 valence electrons. The van der Waals surface area contributed by atoms with Gasteiger partial charge in [0.25, 0.3) is 0 Å². The van der Waals surface area contributed by atoms with Crippen molar-refractivity contribution < 1.29 is 18.1 Å². The number of rotatable bonds is 4. The predicted molar refractivity (Wildman–Crippen MR) is 59.2 cm³/mol. The predicted octanol–water partition coefficient (Wildman–Crippen LogP) is 3.21. The Kier molecular flexibility index (Phi) is 4.49. The summed E-state index contributed by atoms with van der Waals surface area (Å²) in [5.41, 5.74) is 0.375. The van der Waals surface area contributed by atoms with E-state index in [1.807, 2.05) is 0 Å². The molecule has 0 aliphatic carbocycles. The molecular weight excluding hydrogens is 236 g/mol. The van der Waals surface area contributed by atoms with Crippen LogP contribution >= 0.6 is 11.6 Å². The summed E-state index contributed by atoms with van der Waals surface area (Å²) < 4.78 is 28.5. The lowest BCUT2D eigenvalue weighted by atomic mass is 10.1. The van der Waals surface area contributed by atoms with E-state index in [-0.39, 0.29) is 11.5 Å². The molecular formula is C10H8BClF2O2. The molecule has 0 saturated carbocycles. The van der Waals surface area contributed by atoms with Gasteiger partial charge in [0.2, 0.25) is 0 Å². The SMILES string of the molecule is CC(=O)/C=C(\OB(F)F)c1ccc(Cl)cc1. The topological polar surface area (TPSA) is 26.3 Å². The number of ketones is 1. The summed E-state index contributed by atoms with van der Waals surface area (Å²) in [6.07, 6.45) is 1.01. The number of allylic oxidation sites excluding steroid dienone is 1. The van der Waals surface area contributed by atoms with Gasteiger partial charge in [0.05, 0.1) is 0 Å². The van der Waals surface area contributed by atoms with Gasteiger partial charge in [-0.15, -0.1) is 0 Å². The number of carbonyl (C=O) groups excluding carboxylic acids is 1. The van der Waals surface area contributed by atoms with Crippen LogP contribution in [-0.4, -0.2) is 13.3 Å². The molecule has 0 amide bonds. The van der Waals surface area contributed by atoms with Gasteiger partial charge in [0.15, 0.2) is 5.78 Å². The molecule has 0 radical (unpaired) electrons. The maximum atomic E-state index is 12.1. The van der Waals surface area contributed by atoms with Gasteiger partial charge in [-0.3, -0.25) is 4.79 Å². The fourth-order valence-corrected chi connectivity index (χ4v) is 1.21. The van der Waals surface area contributed by atoms with Crippen LogP contribution in [0.3, 0.4) is 0 Å². The highest BCUT2D eigenvalue weighted by molar-refractivity contribution is 6.36. The lowest BCUT2D eigenvalue weighted by Gasteiger charge is -2.07. The molecule has 1 aromatic rings. The van der Waals surface area contributed by atoms with Crippen LogP contribution in [0.25, 0.3) is 5.76 Å². The zero-order chi connectivity index (χ0) is 12.1. The smallest absolute Gasteiger partial charge is 0.505 e. The summed E-state index contributed by atoms with van der Waals surface area (Å²) >= 11 is 5.65. The molecule has 0 bridgehead atoms. The Bertz CT molecular complexity index is 404. The Morgan fingerprint density at radius 1 is 1.38 bits per heavy atom. The highest BCUT2D eigenvalue weighted by Crippen LogP contribution is 2.20. The maximum absolute atomic E-state index is 12.1. The van der Waals surface area contributed by atoms with Gasteiger partial charge in [-0.1, -0.05) is 11.6 Å². The van der Waals surface area contributed by atoms with Crippen LogP contribution in [0.5, 0.6) is 0 Å². The van der Waals surface area contributed by atoms with Gasteiger partial charge < -0.3 is 4.65 Å². The standard InChI is InChI=1S/C10H8BClF2O2/c1-7(15)6-10(16-11(13)14)8-2-4-9(12)5-3-8/h2-6H,1H3/b10-6-. The van der Waals surface area contributed by atoms with Crippen LogP contribution in [0, 0.1) is 0 Å². The zero-order valence-electron chi connectivity index (χ0n) is 8.41. The van der Waals surface area contributed by atoms with Crippen LogP contribution in [0.2, 0.25) is 5.02 Å². The minimum atomic E-state index is -2.97. The molecule has 0 aliphatic rings. The van der Waals surface area contributed by atoms with Crippen molar-refractivity contribution >= 4 is 30.6 Å². The summed E-state index contributed by atoms with van der Waals surface area (Å²) in [6, 6.07) is 6.05. The molecule has 0 atom stereocenters. The molecule has 0 aromatic heterocycles. The summed E-state index contributed by atoms with van der Waals surface area (Å²) in [5.74, 6) is -0.537. The van der Waals surface area contributed by atoms with Gasteiger partial charge in [0, 0.05) is 16.7 Å². The minimum Gasteiger partial charge on any atom is -0.505 e. The minimum absolute atomic E-state index is 0.167. The molecule has 2 nitrogen and oxygen atoms in total. The Balaban J connectivity index is 3.01. The molecule has 0 spiro atoms. The quantitative estimate of drug-likeness (QED) is 0.462. The van der Waals surface area contributed by atoms with Crippen molar-refractivity contribution in [1.82, 2.24) is 0 Å². The van der Waals surface area contributed by atoms with E-state index in [0.717, 1.165) is 6.08 Å². The molecule has 0 saturated heterocycles. The number of hydrogen-bond donors (Lipinski definition) is 0. The first-order valence-electron chi connectivity index (χ1n) is 4.42. The van der Waals surface area contributed by atoms with E-state index in [1.54, 1.807) is 0 Å². The molecule has 0 aliphatic heterocycles. The van der Waals surface area contributed by atoms with E-state index in [0.29, 0.717) is 10.6 Å². The van der Waals surface area contributed by atoms with Crippen molar-refractivity contribution in [3.8, 4) is 0 Å². The Morgan fingerprint density at radius 2 is 1.94 bits per heavy atom. The number of hydrogen-bond acceptors (Lipinski definition) is 2. The highest BCUT2D eigenvalue weighted by atomic mass is 35.5. The second-order valence-corrected chi connectivity index (χ2v) is 3.44. The Morgan fingerprint density at radius 3 is 2.38 bits per heavy atom. The molecule has 16 heavy (non-hydrogen) atoms. The highest BCUT2D eigenvalue weighted by Gasteiger charge is 2.20. The molecule has 1 rings (SSSR count). The summed E-state index contributed by atoms with van der Waals surface area (Å²) in [7, 11) is -2.97. The first-order chi connectivity index (χ1) is 7.49. The van der Waals surface area contributed by atoms with Crippen molar-refractivity contribution in [3.05, 3.63) is 40.9 Å². The van der Waals surface area contributed by atoms with Crippen molar-refractivity contribution in [3.63, 3.8) is 0 Å². The molecule has 1 aromatic carbocycles. The van der Waals surface area contributed by atoms with Gasteiger partial charge in [0.1, 0.15) is 5.76 Å². The second kappa shape index (κ2) is 5.65. The largest absolute Gasteiger partial charge is 0.796 e. The monoisotopic (exact) mass is 244 g/mol. The normalized spacial score (nSPS) is 11.1. The van der Waals surface area contributed by atoms with Crippen LogP contribution in [0.1, 0.15) is 12.5 Å². The van der Waals surface area contributed by atoms with Gasteiger partial charge in [-0.05, 0) is 31.2 Å². The maximum Gasteiger partial charge on any atom is 0.796 e. The Hall–Kier alpha value is -1.36. The number of carbonyl (C=O) groups is 1. The van der Waals surface area contributed by atoms with E-state index < -0.39 is 7.47 Å². The van der Waals surface area contributed by atoms with E-state index >= 15 is 0 Å². The number of halogens is 3. The third-order valence-corrected chi connectivity index (χ3v) is 1.93. The molecule has 0 N–H and O–H groups in total. The van der Waals surface area contributed by atoms with Gasteiger partial charge in [-0.2, -0.15) is 0 Å². The number of benzene rings is 1. The second-order valence-electron chi connectivity index (χ2n) is 3.00. The third-order valence-electron chi connectivity index (χ3n) is 1.68. The van der Waals surface area contributed by atoms with E-state index in [2.05, 4.69) is 4.65 Å². The van der Waals surface area contributed by atoms with Crippen LogP contribution in [0.4, 0.5) is 8.63 Å². The summed E-state index contributed by atoms with van der Waals surface area (Å²) in [5, 5.41) is 0.475. The average Bonchev–Trinajstić information content (AvgIpc) is 2.16. The fourth-order valence-electron chi connectivity index (χ4n) is 1.08. The van der Waals surface area contributed by atoms with Gasteiger partial charge >= 0.3 is 7.47 Å². The third kappa shape index (κ3) is 4.02. The van der Waals surface area contributed by atoms with E-state index in [1.165, 1.54) is 31.2 Å². The Labute approximate surface area is 97.1 Å². The zero-order valence-corrected chi connectivity index (χ0v) is 9.17. The van der Waals surface area contributed by atoms with Crippen molar-refractivity contribution in [2.45, 2.75) is 6.92 Å². The van der Waals surface area contributed by atoms with Crippen LogP contribution in [-0.2, 0) is 9.45 Å². The van der Waals surface area contributed by atoms with E-state index in [9.17, 15) is 13.4 Å². The molecule has 6 heteroatoms. The molecule has 0 unspecified atom stereocenters.